The molecule has 0 aliphatic carbocycles. The Morgan fingerprint density at radius 3 is 2.79 bits per heavy atom. The summed E-state index contributed by atoms with van der Waals surface area (Å²) >= 11 is 0. The number of H-pyrrole nitrogens is 1. The van der Waals surface area contributed by atoms with E-state index in [4.69, 9.17) is 0 Å². The lowest BCUT2D eigenvalue weighted by molar-refractivity contribution is -0.117. The summed E-state index contributed by atoms with van der Waals surface area (Å²) in [6.07, 6.45) is 2.41. The smallest absolute Gasteiger partial charge is 0.246 e. The Labute approximate surface area is 112 Å². The van der Waals surface area contributed by atoms with Crippen LogP contribution < -0.4 is 5.32 Å². The highest BCUT2D eigenvalue weighted by Gasteiger charge is 2.08. The number of hydrogen-bond acceptors (Lipinski definition) is 2. The number of amides is 1. The van der Waals surface area contributed by atoms with Crippen LogP contribution in [0.25, 0.3) is 0 Å². The van der Waals surface area contributed by atoms with Crippen LogP contribution in [0.3, 0.4) is 0 Å². The van der Waals surface area contributed by atoms with E-state index >= 15 is 0 Å². The zero-order chi connectivity index (χ0) is 13.7. The van der Waals surface area contributed by atoms with Crippen LogP contribution >= 0.6 is 0 Å². The van der Waals surface area contributed by atoms with Crippen molar-refractivity contribution < 1.29 is 4.79 Å². The summed E-state index contributed by atoms with van der Waals surface area (Å²) in [6, 6.07) is 10.1. The van der Waals surface area contributed by atoms with Crippen molar-refractivity contribution in [1.29, 1.82) is 0 Å². The molecule has 0 saturated carbocycles. The maximum Gasteiger partial charge on any atom is 0.246 e. The molecule has 0 unspecified atom stereocenters. The Hall–Kier alpha value is -2.36. The number of nitrogens with one attached hydrogen (secondary N) is 2. The van der Waals surface area contributed by atoms with Crippen LogP contribution in [0.5, 0.6) is 0 Å². The third kappa shape index (κ3) is 3.55. The zero-order valence-electron chi connectivity index (χ0n) is 10.9. The van der Waals surface area contributed by atoms with Gasteiger partial charge in [-0.15, -0.1) is 0 Å². The zero-order valence-corrected chi connectivity index (χ0v) is 10.9. The molecule has 2 N–H and O–H groups in total. The molecule has 1 heterocycles. The van der Waals surface area contributed by atoms with Crippen LogP contribution in [0, 0.1) is 0 Å². The number of aromatic nitrogens is 2. The molecule has 0 atom stereocenters. The second-order valence-corrected chi connectivity index (χ2v) is 4.45. The number of imidazole rings is 1. The summed E-state index contributed by atoms with van der Waals surface area (Å²) in [5.74, 6) is -0.139. The second-order valence-electron chi connectivity index (χ2n) is 4.45. The van der Waals surface area contributed by atoms with Crippen molar-refractivity contribution in [2.24, 2.45) is 0 Å². The Kier molecular flexibility index (Phi) is 4.13. The first kappa shape index (κ1) is 13.1. The van der Waals surface area contributed by atoms with Gasteiger partial charge in [-0.2, -0.15) is 0 Å². The predicted octanol–water partition coefficient (Wildman–Crippen LogP) is 2.19. The molecule has 1 aromatic heterocycles. The Bertz CT molecular complexity index is 572. The van der Waals surface area contributed by atoms with Crippen molar-refractivity contribution in [2.45, 2.75) is 19.9 Å². The van der Waals surface area contributed by atoms with Gasteiger partial charge in [0.25, 0.3) is 0 Å². The van der Waals surface area contributed by atoms with Gasteiger partial charge in [0, 0.05) is 12.0 Å². The highest BCUT2D eigenvalue weighted by Crippen LogP contribution is 2.10. The molecule has 2 rings (SSSR count). The molecule has 1 aromatic carbocycles. The average molecular weight is 255 g/mol. The van der Waals surface area contributed by atoms with E-state index in [0.29, 0.717) is 12.1 Å². The highest BCUT2D eigenvalue weighted by atomic mass is 16.1. The molecule has 0 spiro atoms. The van der Waals surface area contributed by atoms with E-state index in [1.807, 2.05) is 18.2 Å². The summed E-state index contributed by atoms with van der Waals surface area (Å²) in [6.45, 7) is 5.73. The lowest BCUT2D eigenvalue weighted by atomic mass is 10.1. The van der Waals surface area contributed by atoms with Gasteiger partial charge in [0.1, 0.15) is 0 Å². The molecule has 0 aliphatic heterocycles. The number of aromatic amines is 1. The van der Waals surface area contributed by atoms with Gasteiger partial charge in [-0.25, -0.2) is 4.98 Å². The molecule has 0 saturated heterocycles. The van der Waals surface area contributed by atoms with Crippen molar-refractivity contribution in [3.8, 4) is 0 Å². The van der Waals surface area contributed by atoms with E-state index in [9.17, 15) is 4.79 Å². The summed E-state index contributed by atoms with van der Waals surface area (Å²) in [5.41, 5.74) is 3.58. The first-order valence-corrected chi connectivity index (χ1v) is 6.15. The Morgan fingerprint density at radius 1 is 1.37 bits per heavy atom. The van der Waals surface area contributed by atoms with Crippen molar-refractivity contribution in [3.63, 3.8) is 0 Å². The average Bonchev–Trinajstić information content (AvgIpc) is 2.84. The summed E-state index contributed by atoms with van der Waals surface area (Å²) < 4.78 is 0. The molecule has 98 valence electrons. The van der Waals surface area contributed by atoms with E-state index in [1.165, 1.54) is 5.56 Å². The van der Waals surface area contributed by atoms with E-state index in [-0.39, 0.29) is 5.91 Å². The van der Waals surface area contributed by atoms with Crippen LogP contribution in [0.15, 0.2) is 48.8 Å². The van der Waals surface area contributed by atoms with E-state index in [1.54, 1.807) is 13.3 Å². The van der Waals surface area contributed by atoms with E-state index in [2.05, 4.69) is 34.0 Å². The molecule has 0 bridgehead atoms. The van der Waals surface area contributed by atoms with Crippen LogP contribution in [-0.4, -0.2) is 15.9 Å². The topological polar surface area (TPSA) is 57.8 Å². The summed E-state index contributed by atoms with van der Waals surface area (Å²) in [5, 5.41) is 2.80. The molecular formula is C15H17N3O. The highest BCUT2D eigenvalue weighted by molar-refractivity contribution is 5.91. The molecule has 4 heteroatoms. The number of nitrogens with zero attached hydrogens (tertiary/aromatic N) is 1. The number of carbonyl (C=O) groups is 1. The minimum Gasteiger partial charge on any atom is -0.347 e. The van der Waals surface area contributed by atoms with Gasteiger partial charge in [-0.05, 0) is 12.5 Å². The second kappa shape index (κ2) is 6.00. The molecule has 2 aromatic rings. The minimum atomic E-state index is -0.139. The fourth-order valence-corrected chi connectivity index (χ4v) is 1.76. The number of rotatable bonds is 5. The van der Waals surface area contributed by atoms with Crippen LogP contribution in [0.1, 0.15) is 23.9 Å². The van der Waals surface area contributed by atoms with Crippen molar-refractivity contribution in [3.05, 3.63) is 65.8 Å². The third-order valence-electron chi connectivity index (χ3n) is 2.84. The first-order chi connectivity index (χ1) is 9.16. The Morgan fingerprint density at radius 2 is 2.11 bits per heavy atom. The number of hydrogen-bond donors (Lipinski definition) is 2. The fraction of sp³-hybridized carbons (Fsp3) is 0.200. The van der Waals surface area contributed by atoms with Gasteiger partial charge < -0.3 is 10.3 Å². The molecular weight excluding hydrogens is 238 g/mol. The number of carbonyl (C=O) groups excluding carboxylic acids is 1. The van der Waals surface area contributed by atoms with E-state index in [0.717, 1.165) is 17.8 Å². The maximum atomic E-state index is 11.5. The first-order valence-electron chi connectivity index (χ1n) is 6.15. The van der Waals surface area contributed by atoms with Crippen LogP contribution in [0.2, 0.25) is 0 Å². The normalized spacial score (nSPS) is 10.2. The summed E-state index contributed by atoms with van der Waals surface area (Å²) in [4.78, 5) is 18.8. The molecule has 0 fully saturated rings. The van der Waals surface area contributed by atoms with Gasteiger partial charge in [0.15, 0.2) is 0 Å². The van der Waals surface area contributed by atoms with Crippen molar-refractivity contribution in [1.82, 2.24) is 15.3 Å². The minimum absolute atomic E-state index is 0.139. The molecule has 0 aliphatic rings. The van der Waals surface area contributed by atoms with Crippen LogP contribution in [-0.2, 0) is 17.8 Å². The van der Waals surface area contributed by atoms with Gasteiger partial charge in [0.05, 0.1) is 24.3 Å². The fourth-order valence-electron chi connectivity index (χ4n) is 1.76. The van der Waals surface area contributed by atoms with Gasteiger partial charge in [0.2, 0.25) is 5.91 Å². The summed E-state index contributed by atoms with van der Waals surface area (Å²) in [7, 11) is 0. The quantitative estimate of drug-likeness (QED) is 0.805. The lowest BCUT2D eigenvalue weighted by Gasteiger charge is -2.05. The predicted molar refractivity (Wildman–Crippen MR) is 74.5 cm³/mol. The molecule has 19 heavy (non-hydrogen) atoms. The van der Waals surface area contributed by atoms with Gasteiger partial charge in [-0.3, -0.25) is 4.79 Å². The standard InChI is InChI=1S/C15H17N3O/c1-11(2)15(19)16-9-14-13(17-10-18-14)8-12-6-4-3-5-7-12/h3-7,10H,1,8-9H2,2H3,(H,16,19)(H,17,18). The Balaban J connectivity index is 2.02. The van der Waals surface area contributed by atoms with Gasteiger partial charge >= 0.3 is 0 Å². The molecule has 4 nitrogen and oxygen atoms in total. The van der Waals surface area contributed by atoms with E-state index < -0.39 is 0 Å². The SMILES string of the molecule is C=C(C)C(=O)NCc1[nH]cnc1Cc1ccccc1. The third-order valence-corrected chi connectivity index (χ3v) is 2.84. The largest absolute Gasteiger partial charge is 0.347 e. The van der Waals surface area contributed by atoms with Crippen LogP contribution in [0.4, 0.5) is 0 Å². The molecule has 0 radical (unpaired) electrons. The maximum absolute atomic E-state index is 11.5. The lowest BCUT2D eigenvalue weighted by Crippen LogP contribution is -2.23. The van der Waals surface area contributed by atoms with Crippen molar-refractivity contribution >= 4 is 5.91 Å². The monoisotopic (exact) mass is 255 g/mol. The number of benzene rings is 1. The van der Waals surface area contributed by atoms with Gasteiger partial charge in [-0.1, -0.05) is 36.9 Å². The van der Waals surface area contributed by atoms with Crippen molar-refractivity contribution in [2.75, 3.05) is 0 Å². The molecule has 1 amide bonds.